The van der Waals surface area contributed by atoms with Crippen LogP contribution in [-0.4, -0.2) is 48.2 Å². The SMILES string of the molecule is CCCCCN(C)C(=O)C1CC(O)CN1. The lowest BCUT2D eigenvalue weighted by Crippen LogP contribution is -2.41. The van der Waals surface area contributed by atoms with Crippen molar-refractivity contribution in [2.45, 2.75) is 44.8 Å². The Morgan fingerprint density at radius 2 is 2.27 bits per heavy atom. The lowest BCUT2D eigenvalue weighted by atomic mass is 10.1. The van der Waals surface area contributed by atoms with Crippen molar-refractivity contribution in [2.24, 2.45) is 0 Å². The van der Waals surface area contributed by atoms with Gasteiger partial charge < -0.3 is 15.3 Å². The van der Waals surface area contributed by atoms with Gasteiger partial charge in [0.1, 0.15) is 0 Å². The summed E-state index contributed by atoms with van der Waals surface area (Å²) in [7, 11) is 1.84. The van der Waals surface area contributed by atoms with Crippen LogP contribution in [0.3, 0.4) is 0 Å². The van der Waals surface area contributed by atoms with E-state index in [1.54, 1.807) is 4.90 Å². The van der Waals surface area contributed by atoms with Gasteiger partial charge >= 0.3 is 0 Å². The third-order valence-corrected chi connectivity index (χ3v) is 2.88. The van der Waals surface area contributed by atoms with Gasteiger partial charge in [-0.25, -0.2) is 0 Å². The van der Waals surface area contributed by atoms with Crippen LogP contribution in [0.15, 0.2) is 0 Å². The number of carbonyl (C=O) groups is 1. The average Bonchev–Trinajstić information content (AvgIpc) is 2.64. The first kappa shape index (κ1) is 12.5. The van der Waals surface area contributed by atoms with Crippen LogP contribution in [0.5, 0.6) is 0 Å². The molecule has 0 bridgehead atoms. The molecule has 1 saturated heterocycles. The standard InChI is InChI=1S/C11H22N2O2/c1-3-4-5-6-13(2)11(15)10-7-9(14)8-12-10/h9-10,12,14H,3-8H2,1-2H3. The van der Waals surface area contributed by atoms with Crippen molar-refractivity contribution in [1.29, 1.82) is 0 Å². The molecule has 2 atom stereocenters. The van der Waals surface area contributed by atoms with Crippen LogP contribution in [0, 0.1) is 0 Å². The normalized spacial score (nSPS) is 25.5. The molecule has 0 spiro atoms. The van der Waals surface area contributed by atoms with Crippen LogP contribution < -0.4 is 5.32 Å². The second-order valence-electron chi connectivity index (χ2n) is 4.32. The zero-order chi connectivity index (χ0) is 11.3. The summed E-state index contributed by atoms with van der Waals surface area (Å²) in [6.45, 7) is 3.51. The largest absolute Gasteiger partial charge is 0.392 e. The monoisotopic (exact) mass is 214 g/mol. The minimum Gasteiger partial charge on any atom is -0.392 e. The van der Waals surface area contributed by atoms with Crippen LogP contribution in [0.25, 0.3) is 0 Å². The van der Waals surface area contributed by atoms with E-state index < -0.39 is 0 Å². The molecular weight excluding hydrogens is 192 g/mol. The van der Waals surface area contributed by atoms with Gasteiger partial charge in [0.15, 0.2) is 0 Å². The number of aliphatic hydroxyl groups excluding tert-OH is 1. The first-order chi connectivity index (χ1) is 7.15. The summed E-state index contributed by atoms with van der Waals surface area (Å²) < 4.78 is 0. The van der Waals surface area contributed by atoms with Crippen molar-refractivity contribution < 1.29 is 9.90 Å². The predicted molar refractivity (Wildman–Crippen MR) is 59.6 cm³/mol. The molecule has 4 nitrogen and oxygen atoms in total. The highest BCUT2D eigenvalue weighted by Crippen LogP contribution is 2.09. The third kappa shape index (κ3) is 3.80. The topological polar surface area (TPSA) is 52.6 Å². The highest BCUT2D eigenvalue weighted by Gasteiger charge is 2.29. The number of nitrogens with one attached hydrogen (secondary N) is 1. The van der Waals surface area contributed by atoms with Crippen molar-refractivity contribution in [2.75, 3.05) is 20.1 Å². The molecule has 1 amide bonds. The van der Waals surface area contributed by atoms with Crippen LogP contribution in [-0.2, 0) is 4.79 Å². The summed E-state index contributed by atoms with van der Waals surface area (Å²) in [5, 5.41) is 12.3. The number of likely N-dealkylation sites (N-methyl/N-ethyl adjacent to an activating group) is 1. The highest BCUT2D eigenvalue weighted by molar-refractivity contribution is 5.82. The quantitative estimate of drug-likeness (QED) is 0.650. The molecular formula is C11H22N2O2. The maximum Gasteiger partial charge on any atom is 0.239 e. The maximum atomic E-state index is 11.8. The lowest BCUT2D eigenvalue weighted by Gasteiger charge is -2.20. The Kier molecular flexibility index (Phi) is 5.05. The molecule has 0 saturated carbocycles. The number of nitrogens with zero attached hydrogens (tertiary/aromatic N) is 1. The third-order valence-electron chi connectivity index (χ3n) is 2.88. The highest BCUT2D eigenvalue weighted by atomic mass is 16.3. The number of carbonyl (C=O) groups excluding carboxylic acids is 1. The van der Waals surface area contributed by atoms with E-state index in [4.69, 9.17) is 0 Å². The fraction of sp³-hybridized carbons (Fsp3) is 0.909. The number of rotatable bonds is 5. The zero-order valence-electron chi connectivity index (χ0n) is 9.70. The average molecular weight is 214 g/mol. The Morgan fingerprint density at radius 1 is 1.53 bits per heavy atom. The molecule has 4 heteroatoms. The summed E-state index contributed by atoms with van der Waals surface area (Å²) in [6.07, 6.45) is 3.59. The molecule has 1 heterocycles. The zero-order valence-corrected chi connectivity index (χ0v) is 9.70. The van der Waals surface area contributed by atoms with Gasteiger partial charge in [-0.2, -0.15) is 0 Å². The predicted octanol–water partition coefficient (Wildman–Crippen LogP) is 0.358. The summed E-state index contributed by atoms with van der Waals surface area (Å²) in [6, 6.07) is -0.174. The minimum atomic E-state index is -0.358. The van der Waals surface area contributed by atoms with Gasteiger partial charge in [0.25, 0.3) is 0 Å². The van der Waals surface area contributed by atoms with Gasteiger partial charge in [-0.05, 0) is 12.8 Å². The van der Waals surface area contributed by atoms with E-state index >= 15 is 0 Å². The molecule has 0 radical (unpaired) electrons. The van der Waals surface area contributed by atoms with Gasteiger partial charge in [-0.1, -0.05) is 19.8 Å². The number of β-amino-alcohol motifs (C(OH)–C–C–N with tert-alkyl or cyclic N) is 1. The number of hydrogen-bond donors (Lipinski definition) is 2. The fourth-order valence-electron chi connectivity index (χ4n) is 1.88. The van der Waals surface area contributed by atoms with Crippen LogP contribution in [0.2, 0.25) is 0 Å². The maximum absolute atomic E-state index is 11.8. The molecule has 0 aromatic carbocycles. The summed E-state index contributed by atoms with van der Waals surface area (Å²) in [5.41, 5.74) is 0. The van der Waals surface area contributed by atoms with E-state index in [0.717, 1.165) is 13.0 Å². The smallest absolute Gasteiger partial charge is 0.239 e. The number of hydrogen-bond acceptors (Lipinski definition) is 3. The van der Waals surface area contributed by atoms with Gasteiger partial charge in [0.05, 0.1) is 12.1 Å². The van der Waals surface area contributed by atoms with E-state index in [-0.39, 0.29) is 18.1 Å². The van der Waals surface area contributed by atoms with Crippen LogP contribution in [0.4, 0.5) is 0 Å². The van der Waals surface area contributed by atoms with Crippen molar-refractivity contribution in [3.8, 4) is 0 Å². The molecule has 0 aliphatic carbocycles. The molecule has 15 heavy (non-hydrogen) atoms. The van der Waals surface area contributed by atoms with Gasteiger partial charge in [0, 0.05) is 20.1 Å². The second kappa shape index (κ2) is 6.08. The molecule has 0 aromatic heterocycles. The lowest BCUT2D eigenvalue weighted by molar-refractivity contribution is -0.132. The van der Waals surface area contributed by atoms with Gasteiger partial charge in [-0.3, -0.25) is 4.79 Å². The van der Waals surface area contributed by atoms with Gasteiger partial charge in [0.2, 0.25) is 5.91 Å². The number of unbranched alkanes of at least 4 members (excludes halogenated alkanes) is 2. The summed E-state index contributed by atoms with van der Waals surface area (Å²) in [4.78, 5) is 13.6. The molecule has 1 aliphatic rings. The van der Waals surface area contributed by atoms with Crippen molar-refractivity contribution in [3.05, 3.63) is 0 Å². The fourth-order valence-corrected chi connectivity index (χ4v) is 1.88. The van der Waals surface area contributed by atoms with E-state index in [9.17, 15) is 9.90 Å². The van der Waals surface area contributed by atoms with Crippen molar-refractivity contribution >= 4 is 5.91 Å². The summed E-state index contributed by atoms with van der Waals surface area (Å²) >= 11 is 0. The minimum absolute atomic E-state index is 0.114. The van der Waals surface area contributed by atoms with E-state index in [1.807, 2.05) is 7.05 Å². The molecule has 88 valence electrons. The molecule has 1 rings (SSSR count). The van der Waals surface area contributed by atoms with E-state index in [1.165, 1.54) is 12.8 Å². The molecule has 1 aliphatic heterocycles. The van der Waals surface area contributed by atoms with E-state index in [0.29, 0.717) is 13.0 Å². The Labute approximate surface area is 91.6 Å². The van der Waals surface area contributed by atoms with Crippen LogP contribution in [0.1, 0.15) is 32.6 Å². The Morgan fingerprint density at radius 3 is 2.80 bits per heavy atom. The number of amides is 1. The number of aliphatic hydroxyl groups is 1. The molecule has 2 unspecified atom stereocenters. The van der Waals surface area contributed by atoms with E-state index in [2.05, 4.69) is 12.2 Å². The van der Waals surface area contributed by atoms with Crippen molar-refractivity contribution in [3.63, 3.8) is 0 Å². The Balaban J connectivity index is 2.26. The van der Waals surface area contributed by atoms with Gasteiger partial charge in [-0.15, -0.1) is 0 Å². The molecule has 0 aromatic rings. The Bertz CT molecular complexity index is 209. The van der Waals surface area contributed by atoms with Crippen LogP contribution >= 0.6 is 0 Å². The molecule has 2 N–H and O–H groups in total. The summed E-state index contributed by atoms with van der Waals surface area (Å²) in [5.74, 6) is 0.114. The Hall–Kier alpha value is -0.610. The second-order valence-corrected chi connectivity index (χ2v) is 4.32. The first-order valence-corrected chi connectivity index (χ1v) is 5.81. The first-order valence-electron chi connectivity index (χ1n) is 5.81. The molecule has 1 fully saturated rings. The van der Waals surface area contributed by atoms with Crippen molar-refractivity contribution in [1.82, 2.24) is 10.2 Å².